The normalized spacial score (nSPS) is 23.1. The van der Waals surface area contributed by atoms with Gasteiger partial charge >= 0.3 is 0 Å². The molecule has 2 aliphatic rings. The summed E-state index contributed by atoms with van der Waals surface area (Å²) in [6.07, 6.45) is 2.84. The molecule has 0 spiro atoms. The van der Waals surface area contributed by atoms with Gasteiger partial charge in [0.25, 0.3) is 5.91 Å². The monoisotopic (exact) mass is 378 g/mol. The zero-order valence-electron chi connectivity index (χ0n) is 13.3. The molecular formula is C15H24Cl2N4O3. The Morgan fingerprint density at radius 1 is 1.33 bits per heavy atom. The lowest BCUT2D eigenvalue weighted by Crippen LogP contribution is -2.38. The van der Waals surface area contributed by atoms with Crippen molar-refractivity contribution >= 4 is 42.2 Å². The van der Waals surface area contributed by atoms with Gasteiger partial charge in [-0.25, -0.2) is 4.98 Å². The minimum Gasteiger partial charge on any atom is -0.378 e. The summed E-state index contributed by atoms with van der Waals surface area (Å²) in [6.45, 7) is 3.35. The van der Waals surface area contributed by atoms with E-state index in [1.807, 2.05) is 12.1 Å². The van der Waals surface area contributed by atoms with Crippen molar-refractivity contribution in [3.8, 4) is 0 Å². The van der Waals surface area contributed by atoms with Gasteiger partial charge in [0, 0.05) is 25.8 Å². The van der Waals surface area contributed by atoms with Crippen LogP contribution in [0.1, 0.15) is 12.8 Å². The molecular weight excluding hydrogens is 355 g/mol. The van der Waals surface area contributed by atoms with Gasteiger partial charge in [0.05, 0.1) is 25.0 Å². The fourth-order valence-electron chi connectivity index (χ4n) is 2.81. The van der Waals surface area contributed by atoms with Gasteiger partial charge in [0.15, 0.2) is 5.82 Å². The Morgan fingerprint density at radius 2 is 2.08 bits per heavy atom. The van der Waals surface area contributed by atoms with E-state index in [9.17, 15) is 4.79 Å². The summed E-state index contributed by atoms with van der Waals surface area (Å²) in [4.78, 5) is 18.9. The van der Waals surface area contributed by atoms with E-state index in [0.29, 0.717) is 31.9 Å². The third kappa shape index (κ3) is 4.94. The van der Waals surface area contributed by atoms with E-state index in [4.69, 9.17) is 15.2 Å². The molecule has 2 aliphatic heterocycles. The van der Waals surface area contributed by atoms with Crippen molar-refractivity contribution in [1.29, 1.82) is 0 Å². The summed E-state index contributed by atoms with van der Waals surface area (Å²) in [6, 6.07) is 3.68. The molecule has 24 heavy (non-hydrogen) atoms. The first-order valence-corrected chi connectivity index (χ1v) is 7.72. The van der Waals surface area contributed by atoms with E-state index < -0.39 is 6.10 Å². The highest BCUT2D eigenvalue weighted by atomic mass is 35.5. The number of ether oxygens (including phenoxy) is 2. The Kier molecular flexibility index (Phi) is 8.72. The molecule has 2 saturated heterocycles. The molecule has 0 unspecified atom stereocenters. The van der Waals surface area contributed by atoms with Crippen molar-refractivity contribution in [2.75, 3.05) is 43.1 Å². The number of hydrogen-bond acceptors (Lipinski definition) is 6. The summed E-state index contributed by atoms with van der Waals surface area (Å²) in [5.41, 5.74) is 6.30. The molecule has 0 aliphatic carbocycles. The SMILES string of the molecule is Cl.Cl.NC[C@H]1CC[C@@H](C(=O)Nc2cccnc2N2CCOCC2)O1. The van der Waals surface area contributed by atoms with Gasteiger partial charge < -0.3 is 25.4 Å². The van der Waals surface area contributed by atoms with Crippen molar-refractivity contribution in [2.24, 2.45) is 5.73 Å². The van der Waals surface area contributed by atoms with Crippen molar-refractivity contribution in [1.82, 2.24) is 4.98 Å². The zero-order valence-corrected chi connectivity index (χ0v) is 15.0. The number of amides is 1. The molecule has 9 heteroatoms. The lowest BCUT2D eigenvalue weighted by molar-refractivity contribution is -0.126. The Hall–Kier alpha value is -1.12. The molecule has 1 aromatic heterocycles. The van der Waals surface area contributed by atoms with Gasteiger partial charge in [-0.15, -0.1) is 24.8 Å². The minimum atomic E-state index is -0.425. The van der Waals surface area contributed by atoms with E-state index in [0.717, 1.165) is 25.3 Å². The van der Waals surface area contributed by atoms with Gasteiger partial charge in [-0.1, -0.05) is 0 Å². The van der Waals surface area contributed by atoms with Crippen LogP contribution in [0.4, 0.5) is 11.5 Å². The fourth-order valence-corrected chi connectivity index (χ4v) is 2.81. The number of morpholine rings is 1. The van der Waals surface area contributed by atoms with E-state index in [1.165, 1.54) is 0 Å². The second-order valence-electron chi connectivity index (χ2n) is 5.52. The van der Waals surface area contributed by atoms with Crippen LogP contribution in [0.25, 0.3) is 0 Å². The first kappa shape index (κ1) is 20.9. The average molecular weight is 379 g/mol. The number of pyridine rings is 1. The Labute approximate surface area is 154 Å². The lowest BCUT2D eigenvalue weighted by atomic mass is 10.2. The summed E-state index contributed by atoms with van der Waals surface area (Å²) in [7, 11) is 0. The van der Waals surface area contributed by atoms with E-state index in [-0.39, 0.29) is 36.8 Å². The van der Waals surface area contributed by atoms with Gasteiger partial charge in [0.2, 0.25) is 0 Å². The Morgan fingerprint density at radius 3 is 2.75 bits per heavy atom. The van der Waals surface area contributed by atoms with Crippen LogP contribution in [0.5, 0.6) is 0 Å². The number of halogens is 2. The summed E-state index contributed by atoms with van der Waals surface area (Å²) < 4.78 is 11.0. The maximum absolute atomic E-state index is 12.4. The van der Waals surface area contributed by atoms with Crippen LogP contribution < -0.4 is 16.0 Å². The topological polar surface area (TPSA) is 89.7 Å². The maximum Gasteiger partial charge on any atom is 0.253 e. The predicted octanol–water partition coefficient (Wildman–Crippen LogP) is 1.21. The number of hydrogen-bond donors (Lipinski definition) is 2. The first-order valence-electron chi connectivity index (χ1n) is 7.72. The summed E-state index contributed by atoms with van der Waals surface area (Å²) in [5.74, 6) is 0.658. The summed E-state index contributed by atoms with van der Waals surface area (Å²) >= 11 is 0. The van der Waals surface area contributed by atoms with Crippen molar-refractivity contribution in [3.05, 3.63) is 18.3 Å². The average Bonchev–Trinajstić information content (AvgIpc) is 3.05. The third-order valence-corrected chi connectivity index (χ3v) is 4.02. The molecule has 0 radical (unpaired) electrons. The quantitative estimate of drug-likeness (QED) is 0.818. The van der Waals surface area contributed by atoms with Crippen LogP contribution in [0, 0.1) is 0 Å². The number of anilines is 2. The minimum absolute atomic E-state index is 0. The highest BCUT2D eigenvalue weighted by molar-refractivity contribution is 5.96. The highest BCUT2D eigenvalue weighted by Gasteiger charge is 2.30. The Bertz CT molecular complexity index is 529. The molecule has 2 atom stereocenters. The number of rotatable bonds is 4. The third-order valence-electron chi connectivity index (χ3n) is 4.02. The molecule has 7 nitrogen and oxygen atoms in total. The summed E-state index contributed by atoms with van der Waals surface area (Å²) in [5, 5.41) is 2.94. The zero-order chi connectivity index (χ0) is 15.4. The molecule has 2 fully saturated rings. The van der Waals surface area contributed by atoms with Crippen molar-refractivity contribution < 1.29 is 14.3 Å². The number of aromatic nitrogens is 1. The second-order valence-corrected chi connectivity index (χ2v) is 5.52. The lowest BCUT2D eigenvalue weighted by Gasteiger charge is -2.29. The second kappa shape index (κ2) is 10.0. The van der Waals surface area contributed by atoms with Crippen molar-refractivity contribution in [2.45, 2.75) is 25.0 Å². The van der Waals surface area contributed by atoms with Crippen LogP contribution in [0.15, 0.2) is 18.3 Å². The number of carbonyl (C=O) groups is 1. The van der Waals surface area contributed by atoms with Crippen LogP contribution in [0.2, 0.25) is 0 Å². The largest absolute Gasteiger partial charge is 0.378 e. The molecule has 3 heterocycles. The first-order chi connectivity index (χ1) is 10.8. The van der Waals surface area contributed by atoms with E-state index in [1.54, 1.807) is 6.20 Å². The molecule has 136 valence electrons. The molecule has 3 N–H and O–H groups in total. The molecule has 0 bridgehead atoms. The van der Waals surface area contributed by atoms with Crippen LogP contribution in [-0.2, 0) is 14.3 Å². The van der Waals surface area contributed by atoms with Crippen LogP contribution in [-0.4, -0.2) is 55.9 Å². The molecule has 3 rings (SSSR count). The predicted molar refractivity (Wildman–Crippen MR) is 97.3 cm³/mol. The number of nitrogens with zero attached hydrogens (tertiary/aromatic N) is 2. The van der Waals surface area contributed by atoms with Gasteiger partial charge in [-0.05, 0) is 25.0 Å². The smallest absolute Gasteiger partial charge is 0.253 e. The molecule has 1 amide bonds. The fraction of sp³-hybridized carbons (Fsp3) is 0.600. The standard InChI is InChI=1S/C15H22N4O3.2ClH/c16-10-11-3-4-13(22-11)15(20)18-12-2-1-5-17-14(12)19-6-8-21-9-7-19;;/h1-2,5,11,13H,3-4,6-10,16H2,(H,18,20);2*1H/t11-,13+;;/m1../s1. The van der Waals surface area contributed by atoms with E-state index >= 15 is 0 Å². The number of nitrogens with two attached hydrogens (primary N) is 1. The van der Waals surface area contributed by atoms with Gasteiger partial charge in [-0.2, -0.15) is 0 Å². The van der Waals surface area contributed by atoms with Crippen LogP contribution in [0.3, 0.4) is 0 Å². The van der Waals surface area contributed by atoms with Gasteiger partial charge in [0.1, 0.15) is 6.10 Å². The highest BCUT2D eigenvalue weighted by Crippen LogP contribution is 2.25. The van der Waals surface area contributed by atoms with E-state index in [2.05, 4.69) is 15.2 Å². The molecule has 0 saturated carbocycles. The van der Waals surface area contributed by atoms with Crippen molar-refractivity contribution in [3.63, 3.8) is 0 Å². The number of nitrogens with one attached hydrogen (secondary N) is 1. The van der Waals surface area contributed by atoms with Gasteiger partial charge in [-0.3, -0.25) is 4.79 Å². The molecule has 1 aromatic rings. The Balaban J connectivity index is 0.00000144. The maximum atomic E-state index is 12.4. The number of carbonyl (C=O) groups excluding carboxylic acids is 1. The molecule has 0 aromatic carbocycles. The van der Waals surface area contributed by atoms with Crippen LogP contribution >= 0.6 is 24.8 Å².